The zero-order chi connectivity index (χ0) is 15.2. The molecule has 0 aromatic carbocycles. The van der Waals surface area contributed by atoms with Crippen LogP contribution in [0.4, 0.5) is 0 Å². The van der Waals surface area contributed by atoms with Crippen LogP contribution in [0.5, 0.6) is 0 Å². The summed E-state index contributed by atoms with van der Waals surface area (Å²) in [4.78, 5) is 30.9. The van der Waals surface area contributed by atoms with E-state index in [1.807, 2.05) is 20.8 Å². The molecular weight excluding hydrogens is 258 g/mol. The Morgan fingerprint density at radius 3 is 2.55 bits per heavy atom. The molecule has 0 bridgehead atoms. The van der Waals surface area contributed by atoms with E-state index < -0.39 is 5.91 Å². The minimum atomic E-state index is -0.464. The number of hydrazone groups is 1. The molecule has 0 spiro atoms. The molecule has 0 aliphatic carbocycles. The Labute approximate surface area is 117 Å². The van der Waals surface area contributed by atoms with Crippen molar-refractivity contribution in [3.8, 4) is 0 Å². The highest BCUT2D eigenvalue weighted by molar-refractivity contribution is 6.01. The van der Waals surface area contributed by atoms with Crippen LogP contribution < -0.4 is 10.7 Å². The molecule has 2 N–H and O–H groups in total. The van der Waals surface area contributed by atoms with E-state index >= 15 is 0 Å². The van der Waals surface area contributed by atoms with Crippen molar-refractivity contribution in [3.05, 3.63) is 24.3 Å². The Bertz CT molecular complexity index is 505. The molecule has 7 nitrogen and oxygen atoms in total. The Morgan fingerprint density at radius 2 is 2.00 bits per heavy atom. The molecule has 1 aromatic heterocycles. The van der Waals surface area contributed by atoms with Gasteiger partial charge in [0.1, 0.15) is 5.69 Å². The third kappa shape index (κ3) is 6.03. The van der Waals surface area contributed by atoms with Gasteiger partial charge in [0.15, 0.2) is 0 Å². The first-order valence-corrected chi connectivity index (χ1v) is 6.18. The Hall–Kier alpha value is -2.31. The first-order valence-electron chi connectivity index (χ1n) is 6.18. The topological polar surface area (TPSA) is 96.3 Å². The van der Waals surface area contributed by atoms with Crippen LogP contribution in [0.3, 0.4) is 0 Å². The molecule has 7 heteroatoms. The SMILES string of the molecule is C/C(CC(=O)NC(C)(C)C)=N\NC(=O)c1cnccn1. The van der Waals surface area contributed by atoms with E-state index in [1.54, 1.807) is 6.92 Å². The summed E-state index contributed by atoms with van der Waals surface area (Å²) in [6.07, 6.45) is 4.36. The Morgan fingerprint density at radius 1 is 1.30 bits per heavy atom. The van der Waals surface area contributed by atoms with Gasteiger partial charge >= 0.3 is 0 Å². The van der Waals surface area contributed by atoms with Crippen molar-refractivity contribution in [1.29, 1.82) is 0 Å². The predicted molar refractivity (Wildman–Crippen MR) is 75.1 cm³/mol. The van der Waals surface area contributed by atoms with Crippen molar-refractivity contribution < 1.29 is 9.59 Å². The number of hydrogen-bond donors (Lipinski definition) is 2. The molecule has 0 unspecified atom stereocenters. The molecule has 0 atom stereocenters. The molecule has 0 fully saturated rings. The molecule has 1 aromatic rings. The second kappa shape index (κ2) is 6.74. The minimum absolute atomic E-state index is 0.123. The standard InChI is InChI=1S/C13H19N5O2/c1-9(7-11(19)16-13(2,3)4)17-18-12(20)10-8-14-5-6-15-10/h5-6,8H,7H2,1-4H3,(H,16,19)(H,18,20)/b17-9+. The predicted octanol–water partition coefficient (Wildman–Crippen LogP) is 0.887. The summed E-state index contributed by atoms with van der Waals surface area (Å²) in [6.45, 7) is 7.35. The van der Waals surface area contributed by atoms with E-state index in [4.69, 9.17) is 0 Å². The van der Waals surface area contributed by atoms with E-state index in [0.717, 1.165) is 0 Å². The van der Waals surface area contributed by atoms with Gasteiger partial charge in [0.05, 0.1) is 12.6 Å². The largest absolute Gasteiger partial charge is 0.351 e. The van der Waals surface area contributed by atoms with Crippen molar-refractivity contribution in [3.63, 3.8) is 0 Å². The molecule has 20 heavy (non-hydrogen) atoms. The molecule has 1 rings (SSSR count). The van der Waals surface area contributed by atoms with Crippen molar-refractivity contribution >= 4 is 17.5 Å². The molecule has 0 radical (unpaired) electrons. The summed E-state index contributed by atoms with van der Waals surface area (Å²) in [5.41, 5.74) is 2.72. The normalized spacial score (nSPS) is 11.9. The summed E-state index contributed by atoms with van der Waals surface area (Å²) in [7, 11) is 0. The molecule has 0 saturated heterocycles. The maximum atomic E-state index is 11.7. The van der Waals surface area contributed by atoms with Crippen LogP contribution in [0.1, 0.15) is 44.6 Å². The van der Waals surface area contributed by atoms with Crippen LogP contribution in [0, 0.1) is 0 Å². The second-order valence-electron chi connectivity index (χ2n) is 5.35. The molecular formula is C13H19N5O2. The molecule has 1 heterocycles. The van der Waals surface area contributed by atoms with Gasteiger partial charge in [0, 0.05) is 23.6 Å². The van der Waals surface area contributed by atoms with Gasteiger partial charge in [-0.3, -0.25) is 14.6 Å². The summed E-state index contributed by atoms with van der Waals surface area (Å²) < 4.78 is 0. The minimum Gasteiger partial charge on any atom is -0.351 e. The summed E-state index contributed by atoms with van der Waals surface area (Å²) in [5, 5.41) is 6.67. The van der Waals surface area contributed by atoms with Gasteiger partial charge in [0.25, 0.3) is 5.91 Å². The molecule has 2 amide bonds. The first-order chi connectivity index (χ1) is 9.28. The van der Waals surface area contributed by atoms with E-state index in [9.17, 15) is 9.59 Å². The number of carbonyl (C=O) groups excluding carboxylic acids is 2. The fourth-order valence-electron chi connectivity index (χ4n) is 1.35. The molecule has 0 aliphatic rings. The molecule has 0 aliphatic heterocycles. The second-order valence-corrected chi connectivity index (χ2v) is 5.35. The number of amides is 2. The lowest BCUT2D eigenvalue weighted by atomic mass is 10.1. The quantitative estimate of drug-likeness (QED) is 0.631. The van der Waals surface area contributed by atoms with Crippen LogP contribution in [-0.4, -0.2) is 33.0 Å². The lowest BCUT2D eigenvalue weighted by molar-refractivity contribution is -0.121. The number of aromatic nitrogens is 2. The zero-order valence-electron chi connectivity index (χ0n) is 12.1. The highest BCUT2D eigenvalue weighted by atomic mass is 16.2. The van der Waals surface area contributed by atoms with Gasteiger partial charge in [-0.15, -0.1) is 0 Å². The van der Waals surface area contributed by atoms with Gasteiger partial charge in [-0.05, 0) is 27.7 Å². The van der Waals surface area contributed by atoms with E-state index in [0.29, 0.717) is 5.71 Å². The average Bonchev–Trinajstić information content (AvgIpc) is 2.34. The van der Waals surface area contributed by atoms with Gasteiger partial charge in [0.2, 0.25) is 5.91 Å². The Balaban J connectivity index is 2.50. The number of nitrogens with one attached hydrogen (secondary N) is 2. The number of carbonyl (C=O) groups is 2. The molecule has 108 valence electrons. The number of nitrogens with zero attached hydrogens (tertiary/aromatic N) is 3. The summed E-state index contributed by atoms with van der Waals surface area (Å²) in [5.74, 6) is -0.610. The molecule has 0 saturated carbocycles. The van der Waals surface area contributed by atoms with E-state index in [2.05, 4.69) is 25.8 Å². The van der Waals surface area contributed by atoms with Crippen LogP contribution in [-0.2, 0) is 4.79 Å². The monoisotopic (exact) mass is 277 g/mol. The van der Waals surface area contributed by atoms with Gasteiger partial charge in [-0.25, -0.2) is 10.4 Å². The van der Waals surface area contributed by atoms with Crippen LogP contribution in [0.15, 0.2) is 23.7 Å². The lowest BCUT2D eigenvalue weighted by Gasteiger charge is -2.20. The summed E-state index contributed by atoms with van der Waals surface area (Å²) in [6, 6.07) is 0. The summed E-state index contributed by atoms with van der Waals surface area (Å²) >= 11 is 0. The van der Waals surface area contributed by atoms with Crippen molar-refractivity contribution in [2.75, 3.05) is 0 Å². The van der Waals surface area contributed by atoms with Crippen LogP contribution >= 0.6 is 0 Å². The Kier molecular flexibility index (Phi) is 5.31. The van der Waals surface area contributed by atoms with E-state index in [1.165, 1.54) is 18.6 Å². The third-order valence-electron chi connectivity index (χ3n) is 2.07. The van der Waals surface area contributed by atoms with Crippen molar-refractivity contribution in [1.82, 2.24) is 20.7 Å². The fraction of sp³-hybridized carbons (Fsp3) is 0.462. The maximum Gasteiger partial charge on any atom is 0.291 e. The smallest absolute Gasteiger partial charge is 0.291 e. The van der Waals surface area contributed by atoms with E-state index in [-0.39, 0.29) is 23.6 Å². The van der Waals surface area contributed by atoms with Crippen molar-refractivity contribution in [2.24, 2.45) is 5.10 Å². The van der Waals surface area contributed by atoms with Crippen LogP contribution in [0.25, 0.3) is 0 Å². The number of hydrogen-bond acceptors (Lipinski definition) is 5. The highest BCUT2D eigenvalue weighted by Gasteiger charge is 2.14. The number of rotatable bonds is 4. The van der Waals surface area contributed by atoms with Gasteiger partial charge < -0.3 is 5.32 Å². The lowest BCUT2D eigenvalue weighted by Crippen LogP contribution is -2.41. The van der Waals surface area contributed by atoms with Gasteiger partial charge in [-0.1, -0.05) is 0 Å². The van der Waals surface area contributed by atoms with Crippen LogP contribution in [0.2, 0.25) is 0 Å². The zero-order valence-corrected chi connectivity index (χ0v) is 12.1. The van der Waals surface area contributed by atoms with Crippen molar-refractivity contribution in [2.45, 2.75) is 39.7 Å². The first kappa shape index (κ1) is 15.7. The fourth-order valence-corrected chi connectivity index (χ4v) is 1.35. The average molecular weight is 277 g/mol. The third-order valence-corrected chi connectivity index (χ3v) is 2.07. The highest BCUT2D eigenvalue weighted by Crippen LogP contribution is 1.99. The van der Waals surface area contributed by atoms with Gasteiger partial charge in [-0.2, -0.15) is 5.10 Å². The maximum absolute atomic E-state index is 11.7.